The van der Waals surface area contributed by atoms with Crippen molar-refractivity contribution < 1.29 is 14.3 Å². The third-order valence-corrected chi connectivity index (χ3v) is 2.01. The van der Waals surface area contributed by atoms with E-state index in [1.54, 1.807) is 13.8 Å². The van der Waals surface area contributed by atoms with Gasteiger partial charge in [-0.3, -0.25) is 9.59 Å². The smallest absolute Gasteiger partial charge is 0.308 e. The summed E-state index contributed by atoms with van der Waals surface area (Å²) in [7, 11) is 0. The summed E-state index contributed by atoms with van der Waals surface area (Å²) in [6, 6.07) is 0. The van der Waals surface area contributed by atoms with E-state index in [9.17, 15) is 9.59 Å². The summed E-state index contributed by atoms with van der Waals surface area (Å²) < 4.78 is 4.98. The van der Waals surface area contributed by atoms with Gasteiger partial charge in [-0.15, -0.1) is 0 Å². The molecule has 0 atom stereocenters. The van der Waals surface area contributed by atoms with Gasteiger partial charge in [0.15, 0.2) is 0 Å². The summed E-state index contributed by atoms with van der Waals surface area (Å²) >= 11 is 0. The van der Waals surface area contributed by atoms with Crippen molar-refractivity contribution in [1.82, 2.24) is 10.6 Å². The Morgan fingerprint density at radius 2 is 2.00 bits per heavy atom. The maximum Gasteiger partial charge on any atom is 0.308 e. The molecule has 0 aromatic carbocycles. The maximum atomic E-state index is 11.1. The van der Waals surface area contributed by atoms with Gasteiger partial charge in [0.1, 0.15) is 6.61 Å². The SMILES string of the molecule is C=CC(=O)NCCCNCCOC(=O)C(C)C. The fourth-order valence-corrected chi connectivity index (χ4v) is 1.01. The highest BCUT2D eigenvalue weighted by molar-refractivity contribution is 5.86. The second kappa shape index (κ2) is 9.84. The molecule has 0 aliphatic heterocycles. The third kappa shape index (κ3) is 9.56. The Hall–Kier alpha value is -1.36. The van der Waals surface area contributed by atoms with Crippen LogP contribution in [0.2, 0.25) is 0 Å². The minimum absolute atomic E-state index is 0.0795. The molecule has 0 unspecified atom stereocenters. The minimum atomic E-state index is -0.176. The van der Waals surface area contributed by atoms with Gasteiger partial charge in [0, 0.05) is 13.1 Å². The van der Waals surface area contributed by atoms with Crippen molar-refractivity contribution in [3.05, 3.63) is 12.7 Å². The topological polar surface area (TPSA) is 67.4 Å². The van der Waals surface area contributed by atoms with Crippen LogP contribution in [0.25, 0.3) is 0 Å². The highest BCUT2D eigenvalue weighted by Gasteiger charge is 2.06. The molecule has 0 aromatic rings. The first-order valence-corrected chi connectivity index (χ1v) is 5.85. The molecule has 0 spiro atoms. The lowest BCUT2D eigenvalue weighted by atomic mass is 10.2. The number of amides is 1. The molecule has 0 aromatic heterocycles. The highest BCUT2D eigenvalue weighted by atomic mass is 16.5. The Labute approximate surface area is 103 Å². The van der Waals surface area contributed by atoms with Gasteiger partial charge in [-0.2, -0.15) is 0 Å². The molecule has 0 radical (unpaired) electrons. The number of hydrogen-bond acceptors (Lipinski definition) is 4. The number of hydrogen-bond donors (Lipinski definition) is 2. The number of esters is 1. The molecule has 0 saturated heterocycles. The zero-order valence-electron chi connectivity index (χ0n) is 10.6. The largest absolute Gasteiger partial charge is 0.464 e. The number of nitrogens with one attached hydrogen (secondary N) is 2. The lowest BCUT2D eigenvalue weighted by molar-refractivity contribution is -0.147. The molecule has 17 heavy (non-hydrogen) atoms. The summed E-state index contributed by atoms with van der Waals surface area (Å²) in [6.07, 6.45) is 2.08. The van der Waals surface area contributed by atoms with Crippen LogP contribution in [0.5, 0.6) is 0 Å². The lowest BCUT2D eigenvalue weighted by Crippen LogP contribution is -2.28. The van der Waals surface area contributed by atoms with Crippen molar-refractivity contribution in [2.75, 3.05) is 26.2 Å². The molecule has 0 aliphatic rings. The van der Waals surface area contributed by atoms with Crippen LogP contribution in [0, 0.1) is 5.92 Å². The van der Waals surface area contributed by atoms with Gasteiger partial charge in [-0.1, -0.05) is 20.4 Å². The summed E-state index contributed by atoms with van der Waals surface area (Å²) in [5.74, 6) is -0.412. The van der Waals surface area contributed by atoms with Crippen molar-refractivity contribution in [2.45, 2.75) is 20.3 Å². The van der Waals surface area contributed by atoms with Gasteiger partial charge in [-0.05, 0) is 19.0 Å². The molecular formula is C12H22N2O3. The summed E-state index contributed by atoms with van der Waals surface area (Å²) in [5.41, 5.74) is 0. The Balaban J connectivity index is 3.22. The molecule has 0 bridgehead atoms. The Bertz CT molecular complexity index is 252. The monoisotopic (exact) mass is 242 g/mol. The van der Waals surface area contributed by atoms with E-state index in [1.807, 2.05) is 0 Å². The molecule has 98 valence electrons. The van der Waals surface area contributed by atoms with Crippen molar-refractivity contribution >= 4 is 11.9 Å². The summed E-state index contributed by atoms with van der Waals surface area (Å²) in [4.78, 5) is 21.9. The first kappa shape index (κ1) is 15.6. The number of rotatable bonds is 9. The van der Waals surface area contributed by atoms with E-state index < -0.39 is 0 Å². The van der Waals surface area contributed by atoms with E-state index in [2.05, 4.69) is 17.2 Å². The van der Waals surface area contributed by atoms with Crippen LogP contribution in [-0.2, 0) is 14.3 Å². The van der Waals surface area contributed by atoms with E-state index in [-0.39, 0.29) is 17.8 Å². The number of ether oxygens (including phenoxy) is 1. The fourth-order valence-electron chi connectivity index (χ4n) is 1.01. The Kier molecular flexibility index (Phi) is 9.05. The third-order valence-electron chi connectivity index (χ3n) is 2.01. The molecule has 5 nitrogen and oxygen atoms in total. The Morgan fingerprint density at radius 1 is 1.29 bits per heavy atom. The molecule has 5 heteroatoms. The number of carbonyl (C=O) groups is 2. The summed E-state index contributed by atoms with van der Waals surface area (Å²) in [5, 5.41) is 5.79. The highest BCUT2D eigenvalue weighted by Crippen LogP contribution is 1.94. The van der Waals surface area contributed by atoms with Crippen LogP contribution in [0.3, 0.4) is 0 Å². The van der Waals surface area contributed by atoms with Crippen LogP contribution < -0.4 is 10.6 Å². The Morgan fingerprint density at radius 3 is 2.59 bits per heavy atom. The maximum absolute atomic E-state index is 11.1. The molecule has 1 amide bonds. The van der Waals surface area contributed by atoms with Crippen molar-refractivity contribution in [2.24, 2.45) is 5.92 Å². The summed E-state index contributed by atoms with van der Waals surface area (Å²) in [6.45, 7) is 9.37. The van der Waals surface area contributed by atoms with Crippen LogP contribution in [-0.4, -0.2) is 38.1 Å². The van der Waals surface area contributed by atoms with Gasteiger partial charge in [0.25, 0.3) is 0 Å². The van der Waals surface area contributed by atoms with Gasteiger partial charge in [-0.25, -0.2) is 0 Å². The zero-order valence-corrected chi connectivity index (χ0v) is 10.6. The molecule has 0 fully saturated rings. The van der Waals surface area contributed by atoms with Crippen molar-refractivity contribution in [1.29, 1.82) is 0 Å². The van der Waals surface area contributed by atoms with E-state index in [0.717, 1.165) is 13.0 Å². The molecule has 0 aliphatic carbocycles. The lowest BCUT2D eigenvalue weighted by Gasteiger charge is -2.08. The predicted octanol–water partition coefficient (Wildman–Crippen LogP) is 0.468. The van der Waals surface area contributed by atoms with Gasteiger partial charge in [0.05, 0.1) is 5.92 Å². The first-order chi connectivity index (χ1) is 8.07. The van der Waals surface area contributed by atoms with Gasteiger partial charge < -0.3 is 15.4 Å². The van der Waals surface area contributed by atoms with E-state index in [4.69, 9.17) is 4.74 Å². The van der Waals surface area contributed by atoms with Crippen molar-refractivity contribution in [3.63, 3.8) is 0 Å². The van der Waals surface area contributed by atoms with Gasteiger partial charge >= 0.3 is 5.97 Å². The minimum Gasteiger partial charge on any atom is -0.464 e. The average Bonchev–Trinajstić information content (AvgIpc) is 2.31. The van der Waals surface area contributed by atoms with Crippen LogP contribution in [0.4, 0.5) is 0 Å². The normalized spacial score (nSPS) is 10.1. The molecule has 2 N–H and O–H groups in total. The second-order valence-corrected chi connectivity index (χ2v) is 3.92. The average molecular weight is 242 g/mol. The standard InChI is InChI=1S/C12H22N2O3/c1-4-11(15)14-7-5-6-13-8-9-17-12(16)10(2)3/h4,10,13H,1,5-9H2,2-3H3,(H,14,15). The zero-order chi connectivity index (χ0) is 13.1. The fraction of sp³-hybridized carbons (Fsp3) is 0.667. The second-order valence-electron chi connectivity index (χ2n) is 3.92. The molecule has 0 saturated carbocycles. The van der Waals surface area contributed by atoms with E-state index in [1.165, 1.54) is 6.08 Å². The first-order valence-electron chi connectivity index (χ1n) is 5.85. The van der Waals surface area contributed by atoms with Gasteiger partial charge in [0.2, 0.25) is 5.91 Å². The van der Waals surface area contributed by atoms with Crippen LogP contribution in [0.1, 0.15) is 20.3 Å². The van der Waals surface area contributed by atoms with Crippen LogP contribution in [0.15, 0.2) is 12.7 Å². The quantitative estimate of drug-likeness (QED) is 0.350. The van der Waals surface area contributed by atoms with Crippen LogP contribution >= 0.6 is 0 Å². The van der Waals surface area contributed by atoms with Crippen molar-refractivity contribution in [3.8, 4) is 0 Å². The molecular weight excluding hydrogens is 220 g/mol. The number of carbonyl (C=O) groups excluding carboxylic acids is 2. The molecule has 0 heterocycles. The molecule has 0 rings (SSSR count). The van der Waals surface area contributed by atoms with E-state index in [0.29, 0.717) is 19.7 Å². The van der Waals surface area contributed by atoms with E-state index >= 15 is 0 Å². The predicted molar refractivity (Wildman–Crippen MR) is 66.5 cm³/mol.